The number of hydrogen-bond acceptors (Lipinski definition) is 3. The summed E-state index contributed by atoms with van der Waals surface area (Å²) < 4.78 is 5.32. The van der Waals surface area contributed by atoms with E-state index in [-0.39, 0.29) is 17.7 Å². The minimum Gasteiger partial charge on any atom is -0.481 e. The molecule has 2 rings (SSSR count). The molecule has 5 heteroatoms. The quantitative estimate of drug-likeness (QED) is 0.792. The monoisotopic (exact) mass is 347 g/mol. The number of ether oxygens (including phenoxy) is 1. The van der Waals surface area contributed by atoms with Crippen molar-refractivity contribution in [3.8, 4) is 0 Å². The molecular weight excluding hydrogens is 318 g/mol. The zero-order valence-corrected chi connectivity index (χ0v) is 15.4. The summed E-state index contributed by atoms with van der Waals surface area (Å²) in [5.41, 5.74) is 2.04. The largest absolute Gasteiger partial charge is 0.481 e. The standard InChI is InChI=1S/C20H29NO4/c1-20(2,3)16-7-5-15(6-8-16)17(12-19(23)24)21-18(22)9-4-14-10-11-25-13-14/h5-8,14,17H,4,9-13H2,1-3H3,(H,21,22)(H,23,24). The van der Waals surface area contributed by atoms with Crippen molar-refractivity contribution in [2.75, 3.05) is 13.2 Å². The molecule has 1 aliphatic heterocycles. The van der Waals surface area contributed by atoms with E-state index in [1.165, 1.54) is 5.56 Å². The van der Waals surface area contributed by atoms with Crippen LogP contribution in [0.4, 0.5) is 0 Å². The Bertz CT molecular complexity index is 583. The number of carbonyl (C=O) groups is 2. The van der Waals surface area contributed by atoms with Gasteiger partial charge >= 0.3 is 5.97 Å². The maximum absolute atomic E-state index is 12.2. The molecule has 0 saturated carbocycles. The summed E-state index contributed by atoms with van der Waals surface area (Å²) in [6.45, 7) is 7.88. The zero-order valence-electron chi connectivity index (χ0n) is 15.4. The summed E-state index contributed by atoms with van der Waals surface area (Å²) in [6, 6.07) is 7.34. The van der Waals surface area contributed by atoms with E-state index in [1.54, 1.807) is 0 Å². The van der Waals surface area contributed by atoms with Gasteiger partial charge in [0, 0.05) is 19.6 Å². The van der Waals surface area contributed by atoms with E-state index in [1.807, 2.05) is 24.3 Å². The van der Waals surface area contributed by atoms with E-state index in [2.05, 4.69) is 26.1 Å². The van der Waals surface area contributed by atoms with Gasteiger partial charge in [0.2, 0.25) is 5.91 Å². The molecule has 1 amide bonds. The molecule has 1 aromatic carbocycles. The number of aliphatic carboxylic acids is 1. The van der Waals surface area contributed by atoms with Gasteiger partial charge in [-0.15, -0.1) is 0 Å². The third-order valence-corrected chi connectivity index (χ3v) is 4.70. The molecule has 1 heterocycles. The molecule has 1 saturated heterocycles. The van der Waals surface area contributed by atoms with Crippen molar-refractivity contribution in [3.05, 3.63) is 35.4 Å². The molecule has 2 N–H and O–H groups in total. The van der Waals surface area contributed by atoms with E-state index in [0.29, 0.717) is 12.3 Å². The molecule has 0 spiro atoms. The normalized spacial score (nSPS) is 18.8. The van der Waals surface area contributed by atoms with Crippen LogP contribution >= 0.6 is 0 Å². The lowest BCUT2D eigenvalue weighted by Crippen LogP contribution is -2.30. The van der Waals surface area contributed by atoms with E-state index < -0.39 is 12.0 Å². The zero-order chi connectivity index (χ0) is 18.4. The molecule has 25 heavy (non-hydrogen) atoms. The van der Waals surface area contributed by atoms with Gasteiger partial charge in [-0.2, -0.15) is 0 Å². The second-order valence-corrected chi connectivity index (χ2v) is 7.86. The first-order chi connectivity index (χ1) is 11.8. The molecule has 2 atom stereocenters. The van der Waals surface area contributed by atoms with Crippen LogP contribution in [0.3, 0.4) is 0 Å². The van der Waals surface area contributed by atoms with Gasteiger partial charge in [0.05, 0.1) is 12.5 Å². The lowest BCUT2D eigenvalue weighted by molar-refractivity contribution is -0.137. The molecule has 5 nitrogen and oxygen atoms in total. The first kappa shape index (κ1) is 19.4. The highest BCUT2D eigenvalue weighted by Gasteiger charge is 2.21. The SMILES string of the molecule is CC(C)(C)c1ccc(C(CC(=O)O)NC(=O)CCC2CCOC2)cc1. The maximum Gasteiger partial charge on any atom is 0.305 e. The number of nitrogens with one attached hydrogen (secondary N) is 1. The van der Waals surface area contributed by atoms with E-state index in [0.717, 1.165) is 31.6 Å². The topological polar surface area (TPSA) is 75.6 Å². The number of carbonyl (C=O) groups excluding carboxylic acids is 1. The van der Waals surface area contributed by atoms with Crippen LogP contribution < -0.4 is 5.32 Å². The van der Waals surface area contributed by atoms with Gasteiger partial charge in [0.15, 0.2) is 0 Å². The van der Waals surface area contributed by atoms with Crippen LogP contribution in [-0.2, 0) is 19.7 Å². The first-order valence-electron chi connectivity index (χ1n) is 8.95. The van der Waals surface area contributed by atoms with Crippen LogP contribution in [0.5, 0.6) is 0 Å². The summed E-state index contributed by atoms with van der Waals surface area (Å²) in [6.07, 6.45) is 2.08. The average molecular weight is 347 g/mol. The first-order valence-corrected chi connectivity index (χ1v) is 8.95. The number of carboxylic acids is 1. The van der Waals surface area contributed by atoms with Crippen molar-refractivity contribution in [2.24, 2.45) is 5.92 Å². The third kappa shape index (κ3) is 6.16. The lowest BCUT2D eigenvalue weighted by Gasteiger charge is -2.22. The number of benzene rings is 1. The molecule has 0 radical (unpaired) electrons. The minimum atomic E-state index is -0.922. The predicted octanol–water partition coefficient (Wildman–Crippen LogP) is 3.43. The molecule has 0 bridgehead atoms. The van der Waals surface area contributed by atoms with Crippen LogP contribution in [0.1, 0.15) is 63.6 Å². The van der Waals surface area contributed by atoms with Crippen LogP contribution in [0.25, 0.3) is 0 Å². The molecular formula is C20H29NO4. The number of hydrogen-bond donors (Lipinski definition) is 2. The lowest BCUT2D eigenvalue weighted by atomic mass is 9.86. The van der Waals surface area contributed by atoms with Crippen LogP contribution in [0, 0.1) is 5.92 Å². The van der Waals surface area contributed by atoms with Gasteiger partial charge in [-0.05, 0) is 35.3 Å². The van der Waals surface area contributed by atoms with Crippen molar-refractivity contribution in [3.63, 3.8) is 0 Å². The number of rotatable bonds is 7. The summed E-state index contributed by atoms with van der Waals surface area (Å²) >= 11 is 0. The molecule has 1 fully saturated rings. The van der Waals surface area contributed by atoms with Crippen molar-refractivity contribution in [1.29, 1.82) is 0 Å². The Morgan fingerprint density at radius 1 is 1.28 bits per heavy atom. The Morgan fingerprint density at radius 3 is 2.48 bits per heavy atom. The Labute approximate surface area is 149 Å². The third-order valence-electron chi connectivity index (χ3n) is 4.70. The fourth-order valence-corrected chi connectivity index (χ4v) is 3.05. The van der Waals surface area contributed by atoms with Crippen LogP contribution in [-0.4, -0.2) is 30.2 Å². The van der Waals surface area contributed by atoms with Gasteiger partial charge in [-0.3, -0.25) is 9.59 Å². The Kier molecular flexibility index (Phi) is 6.59. The molecule has 0 aliphatic carbocycles. The van der Waals surface area contributed by atoms with Crippen molar-refractivity contribution in [1.82, 2.24) is 5.32 Å². The molecule has 1 aromatic rings. The summed E-state index contributed by atoms with van der Waals surface area (Å²) in [5.74, 6) is -0.581. The molecule has 0 aromatic heterocycles. The number of carboxylic acid groups (broad SMARTS) is 1. The maximum atomic E-state index is 12.2. The fraction of sp³-hybridized carbons (Fsp3) is 0.600. The average Bonchev–Trinajstić information content (AvgIpc) is 3.04. The minimum absolute atomic E-state index is 0.0351. The van der Waals surface area contributed by atoms with Gasteiger partial charge in [0.1, 0.15) is 0 Å². The van der Waals surface area contributed by atoms with Crippen molar-refractivity contribution in [2.45, 2.75) is 57.9 Å². The summed E-state index contributed by atoms with van der Waals surface area (Å²) in [7, 11) is 0. The Balaban J connectivity index is 1.99. The van der Waals surface area contributed by atoms with Gasteiger partial charge in [-0.25, -0.2) is 0 Å². The predicted molar refractivity (Wildman–Crippen MR) is 96.4 cm³/mol. The number of amides is 1. The highest BCUT2D eigenvalue weighted by atomic mass is 16.5. The van der Waals surface area contributed by atoms with Gasteiger partial charge in [-0.1, -0.05) is 45.0 Å². The highest BCUT2D eigenvalue weighted by Crippen LogP contribution is 2.25. The van der Waals surface area contributed by atoms with Crippen LogP contribution in [0.15, 0.2) is 24.3 Å². The molecule has 2 unspecified atom stereocenters. The second-order valence-electron chi connectivity index (χ2n) is 7.86. The van der Waals surface area contributed by atoms with E-state index in [9.17, 15) is 14.7 Å². The van der Waals surface area contributed by atoms with Crippen LogP contribution in [0.2, 0.25) is 0 Å². The second kappa shape index (κ2) is 8.48. The highest BCUT2D eigenvalue weighted by molar-refractivity contribution is 5.77. The van der Waals surface area contributed by atoms with Gasteiger partial charge < -0.3 is 15.2 Å². The smallest absolute Gasteiger partial charge is 0.305 e. The van der Waals surface area contributed by atoms with Crippen molar-refractivity contribution >= 4 is 11.9 Å². The Hall–Kier alpha value is -1.88. The molecule has 1 aliphatic rings. The summed E-state index contributed by atoms with van der Waals surface area (Å²) in [5, 5.41) is 12.1. The van der Waals surface area contributed by atoms with E-state index in [4.69, 9.17) is 4.74 Å². The van der Waals surface area contributed by atoms with E-state index >= 15 is 0 Å². The Morgan fingerprint density at radius 2 is 1.96 bits per heavy atom. The van der Waals surface area contributed by atoms with Gasteiger partial charge in [0.25, 0.3) is 0 Å². The fourth-order valence-electron chi connectivity index (χ4n) is 3.05. The molecule has 138 valence electrons. The summed E-state index contributed by atoms with van der Waals surface area (Å²) in [4.78, 5) is 23.4. The van der Waals surface area contributed by atoms with Crippen molar-refractivity contribution < 1.29 is 19.4 Å².